The molecule has 132 valence electrons. The van der Waals surface area contributed by atoms with E-state index in [4.69, 9.17) is 0 Å². The van der Waals surface area contributed by atoms with Crippen molar-refractivity contribution >= 4 is 17.4 Å². The Morgan fingerprint density at radius 3 is 2.50 bits per heavy atom. The van der Waals surface area contributed by atoms with Crippen LogP contribution in [0.1, 0.15) is 33.0 Å². The summed E-state index contributed by atoms with van der Waals surface area (Å²) in [5, 5.41) is 6.17. The first-order valence-electron chi connectivity index (χ1n) is 8.39. The van der Waals surface area contributed by atoms with E-state index in [9.17, 15) is 4.79 Å². The van der Waals surface area contributed by atoms with Crippen molar-refractivity contribution in [2.45, 2.75) is 27.3 Å². The molecule has 0 saturated carbocycles. The molecule has 3 rings (SSSR count). The molecule has 26 heavy (non-hydrogen) atoms. The number of nitrogens with one attached hydrogen (secondary N) is 2. The molecule has 0 radical (unpaired) electrons. The van der Waals surface area contributed by atoms with Crippen LogP contribution in [0.5, 0.6) is 0 Å². The summed E-state index contributed by atoms with van der Waals surface area (Å²) < 4.78 is 0. The monoisotopic (exact) mass is 347 g/mol. The van der Waals surface area contributed by atoms with Gasteiger partial charge in [-0.3, -0.25) is 9.78 Å². The summed E-state index contributed by atoms with van der Waals surface area (Å²) in [5.41, 5.74) is 4.48. The third kappa shape index (κ3) is 4.22. The molecule has 0 saturated heterocycles. The van der Waals surface area contributed by atoms with Gasteiger partial charge in [-0.25, -0.2) is 9.97 Å². The predicted octanol–water partition coefficient (Wildman–Crippen LogP) is 3.47. The number of rotatable bonds is 5. The number of pyridine rings is 1. The summed E-state index contributed by atoms with van der Waals surface area (Å²) in [5.74, 6) is 0.887. The van der Waals surface area contributed by atoms with Gasteiger partial charge in [-0.15, -0.1) is 0 Å². The quantitative estimate of drug-likeness (QED) is 0.739. The van der Waals surface area contributed by atoms with Gasteiger partial charge in [0, 0.05) is 30.7 Å². The minimum atomic E-state index is -0.246. The van der Waals surface area contributed by atoms with Crippen molar-refractivity contribution in [2.75, 3.05) is 5.32 Å². The summed E-state index contributed by atoms with van der Waals surface area (Å²) >= 11 is 0. The van der Waals surface area contributed by atoms with Crippen LogP contribution >= 0.6 is 0 Å². The van der Waals surface area contributed by atoms with Crippen molar-refractivity contribution in [2.24, 2.45) is 0 Å². The molecule has 0 aliphatic rings. The van der Waals surface area contributed by atoms with Crippen molar-refractivity contribution in [3.8, 4) is 0 Å². The average Bonchev–Trinajstić information content (AvgIpc) is 2.63. The minimum Gasteiger partial charge on any atom is -0.347 e. The number of para-hydroxylation sites is 1. The number of benzene rings is 1. The summed E-state index contributed by atoms with van der Waals surface area (Å²) in [6, 6.07) is 11.5. The van der Waals surface area contributed by atoms with Gasteiger partial charge >= 0.3 is 0 Å². The topological polar surface area (TPSA) is 79.8 Å². The molecule has 6 heteroatoms. The molecule has 1 amide bonds. The maximum absolute atomic E-state index is 12.5. The predicted molar refractivity (Wildman–Crippen MR) is 101 cm³/mol. The molecule has 0 fully saturated rings. The van der Waals surface area contributed by atoms with Crippen LogP contribution in [-0.2, 0) is 6.54 Å². The van der Waals surface area contributed by atoms with Crippen molar-refractivity contribution in [3.05, 3.63) is 77.0 Å². The summed E-state index contributed by atoms with van der Waals surface area (Å²) in [6.07, 6.45) is 3.42. The minimum absolute atomic E-state index is 0.246. The number of aryl methyl sites for hydroxylation is 3. The van der Waals surface area contributed by atoms with Crippen LogP contribution in [0.4, 0.5) is 11.5 Å². The van der Waals surface area contributed by atoms with E-state index in [0.29, 0.717) is 23.9 Å². The standard InChI is InChI=1S/C20H21N5O/c1-13-6-4-7-14(2)19(13)25-18-10-17(23-15(3)24-18)20(26)22-12-16-8-5-9-21-11-16/h4-11H,12H2,1-3H3,(H,22,26)(H,23,24,25). The van der Waals surface area contributed by atoms with Crippen LogP contribution in [0, 0.1) is 20.8 Å². The van der Waals surface area contributed by atoms with Gasteiger partial charge in [0.05, 0.1) is 0 Å². The van der Waals surface area contributed by atoms with E-state index in [1.54, 1.807) is 25.4 Å². The molecule has 0 aliphatic heterocycles. The molecule has 0 aliphatic carbocycles. The van der Waals surface area contributed by atoms with E-state index in [1.807, 2.05) is 44.2 Å². The lowest BCUT2D eigenvalue weighted by atomic mass is 10.1. The van der Waals surface area contributed by atoms with Gasteiger partial charge in [-0.05, 0) is 43.5 Å². The number of nitrogens with zero attached hydrogens (tertiary/aromatic N) is 3. The van der Waals surface area contributed by atoms with Gasteiger partial charge in [0.15, 0.2) is 0 Å². The molecule has 2 aromatic heterocycles. The van der Waals surface area contributed by atoms with Gasteiger partial charge in [0.1, 0.15) is 17.3 Å². The fourth-order valence-corrected chi connectivity index (χ4v) is 2.66. The summed E-state index contributed by atoms with van der Waals surface area (Å²) in [4.78, 5) is 25.2. The molecule has 0 atom stereocenters. The lowest BCUT2D eigenvalue weighted by molar-refractivity contribution is 0.0945. The second kappa shape index (κ2) is 7.74. The molecule has 0 unspecified atom stereocenters. The molecule has 2 N–H and O–H groups in total. The highest BCUT2D eigenvalue weighted by Crippen LogP contribution is 2.23. The van der Waals surface area contributed by atoms with Crippen LogP contribution in [0.3, 0.4) is 0 Å². The Hall–Kier alpha value is -3.28. The smallest absolute Gasteiger partial charge is 0.270 e. The average molecular weight is 347 g/mol. The van der Waals surface area contributed by atoms with E-state index in [-0.39, 0.29) is 5.91 Å². The Morgan fingerprint density at radius 2 is 1.81 bits per heavy atom. The van der Waals surface area contributed by atoms with E-state index in [2.05, 4.69) is 25.6 Å². The van der Waals surface area contributed by atoms with Crippen LogP contribution < -0.4 is 10.6 Å². The summed E-state index contributed by atoms with van der Waals surface area (Å²) in [6.45, 7) is 6.24. The number of carbonyl (C=O) groups excluding carboxylic acids is 1. The van der Waals surface area contributed by atoms with Gasteiger partial charge in [-0.1, -0.05) is 24.3 Å². The van der Waals surface area contributed by atoms with E-state index >= 15 is 0 Å². The Kier molecular flexibility index (Phi) is 5.22. The van der Waals surface area contributed by atoms with Gasteiger partial charge in [0.25, 0.3) is 5.91 Å². The van der Waals surface area contributed by atoms with Crippen molar-refractivity contribution < 1.29 is 4.79 Å². The van der Waals surface area contributed by atoms with E-state index < -0.39 is 0 Å². The lowest BCUT2D eigenvalue weighted by Crippen LogP contribution is -2.24. The fourth-order valence-electron chi connectivity index (χ4n) is 2.66. The van der Waals surface area contributed by atoms with Gasteiger partial charge < -0.3 is 10.6 Å². The highest BCUT2D eigenvalue weighted by molar-refractivity contribution is 5.93. The Balaban J connectivity index is 1.78. The summed E-state index contributed by atoms with van der Waals surface area (Å²) in [7, 11) is 0. The maximum atomic E-state index is 12.5. The number of aromatic nitrogens is 3. The SMILES string of the molecule is Cc1nc(Nc2c(C)cccc2C)cc(C(=O)NCc2cccnc2)n1. The van der Waals surface area contributed by atoms with E-state index in [0.717, 1.165) is 22.4 Å². The number of amides is 1. The fraction of sp³-hybridized carbons (Fsp3) is 0.200. The molecular formula is C20H21N5O. The first-order chi connectivity index (χ1) is 12.5. The Morgan fingerprint density at radius 1 is 1.04 bits per heavy atom. The number of carbonyl (C=O) groups is 1. The Labute approximate surface area is 152 Å². The van der Waals surface area contributed by atoms with E-state index in [1.165, 1.54) is 0 Å². The molecule has 3 aromatic rings. The van der Waals surface area contributed by atoms with Crippen molar-refractivity contribution in [3.63, 3.8) is 0 Å². The Bertz CT molecular complexity index is 904. The molecule has 2 heterocycles. The van der Waals surface area contributed by atoms with Gasteiger partial charge in [0.2, 0.25) is 0 Å². The second-order valence-electron chi connectivity index (χ2n) is 6.12. The molecule has 6 nitrogen and oxygen atoms in total. The number of anilines is 2. The highest BCUT2D eigenvalue weighted by Gasteiger charge is 2.12. The third-order valence-corrected chi connectivity index (χ3v) is 3.98. The first kappa shape index (κ1) is 17.5. The zero-order valence-corrected chi connectivity index (χ0v) is 15.1. The van der Waals surface area contributed by atoms with Crippen molar-refractivity contribution in [1.82, 2.24) is 20.3 Å². The number of hydrogen-bond donors (Lipinski definition) is 2. The third-order valence-electron chi connectivity index (χ3n) is 3.98. The first-order valence-corrected chi connectivity index (χ1v) is 8.39. The number of hydrogen-bond acceptors (Lipinski definition) is 5. The largest absolute Gasteiger partial charge is 0.347 e. The maximum Gasteiger partial charge on any atom is 0.270 e. The lowest BCUT2D eigenvalue weighted by Gasteiger charge is -2.13. The molecular weight excluding hydrogens is 326 g/mol. The van der Waals surface area contributed by atoms with Crippen LogP contribution in [0.25, 0.3) is 0 Å². The normalized spacial score (nSPS) is 10.4. The molecule has 1 aromatic carbocycles. The molecule has 0 bridgehead atoms. The second-order valence-corrected chi connectivity index (χ2v) is 6.12. The zero-order chi connectivity index (χ0) is 18.5. The highest BCUT2D eigenvalue weighted by atomic mass is 16.1. The van der Waals surface area contributed by atoms with Crippen LogP contribution in [-0.4, -0.2) is 20.9 Å². The van der Waals surface area contributed by atoms with Crippen LogP contribution in [0.15, 0.2) is 48.8 Å². The van der Waals surface area contributed by atoms with Crippen molar-refractivity contribution in [1.29, 1.82) is 0 Å². The zero-order valence-electron chi connectivity index (χ0n) is 15.1. The van der Waals surface area contributed by atoms with Crippen LogP contribution in [0.2, 0.25) is 0 Å². The molecule has 0 spiro atoms. The van der Waals surface area contributed by atoms with Gasteiger partial charge in [-0.2, -0.15) is 0 Å².